The Labute approximate surface area is 109 Å². The summed E-state index contributed by atoms with van der Waals surface area (Å²) >= 11 is 3.42. The third kappa shape index (κ3) is 2.79. The second kappa shape index (κ2) is 5.06. The van der Waals surface area contributed by atoms with Gasteiger partial charge in [0.1, 0.15) is 0 Å². The van der Waals surface area contributed by atoms with Crippen LogP contribution >= 0.6 is 15.9 Å². The molecule has 5 heteroatoms. The molecule has 1 amide bonds. The lowest BCUT2D eigenvalue weighted by Crippen LogP contribution is -2.23. The van der Waals surface area contributed by atoms with Crippen LogP contribution in [0.3, 0.4) is 0 Å². The van der Waals surface area contributed by atoms with Crippen LogP contribution in [0.15, 0.2) is 16.6 Å². The van der Waals surface area contributed by atoms with Gasteiger partial charge in [0.05, 0.1) is 18.2 Å². The fourth-order valence-electron chi connectivity index (χ4n) is 1.76. The standard InChI is InChI=1S/C12H15BrN2O2/c1-7-4-9(13)11(5-10(7)14)15-12(16)8-2-3-17-6-8/h4-5,8H,2-3,6,14H2,1H3,(H,15,16). The summed E-state index contributed by atoms with van der Waals surface area (Å²) in [6, 6.07) is 3.67. The van der Waals surface area contributed by atoms with E-state index in [1.54, 1.807) is 6.07 Å². The van der Waals surface area contributed by atoms with Gasteiger partial charge in [0, 0.05) is 16.8 Å². The molecule has 92 valence electrons. The maximum absolute atomic E-state index is 11.9. The molecule has 2 rings (SSSR count). The van der Waals surface area contributed by atoms with Gasteiger partial charge in [0.2, 0.25) is 5.91 Å². The van der Waals surface area contributed by atoms with Gasteiger partial charge in [-0.15, -0.1) is 0 Å². The van der Waals surface area contributed by atoms with E-state index in [1.165, 1.54) is 0 Å². The van der Waals surface area contributed by atoms with Gasteiger partial charge in [-0.05, 0) is 47.0 Å². The third-order valence-electron chi connectivity index (χ3n) is 2.91. The summed E-state index contributed by atoms with van der Waals surface area (Å²) in [5, 5.41) is 2.87. The van der Waals surface area contributed by atoms with E-state index in [4.69, 9.17) is 10.5 Å². The molecule has 1 atom stereocenters. The molecule has 0 aromatic heterocycles. The molecule has 1 aliphatic heterocycles. The lowest BCUT2D eigenvalue weighted by Gasteiger charge is -2.12. The SMILES string of the molecule is Cc1cc(Br)c(NC(=O)C2CCOC2)cc1N. The molecule has 0 bridgehead atoms. The zero-order valence-corrected chi connectivity index (χ0v) is 11.2. The smallest absolute Gasteiger partial charge is 0.229 e. The number of hydrogen-bond donors (Lipinski definition) is 2. The van der Waals surface area contributed by atoms with Crippen LogP contribution in [0.2, 0.25) is 0 Å². The third-order valence-corrected chi connectivity index (χ3v) is 3.57. The minimum Gasteiger partial charge on any atom is -0.398 e. The van der Waals surface area contributed by atoms with Crippen LogP contribution in [0.25, 0.3) is 0 Å². The van der Waals surface area contributed by atoms with E-state index in [-0.39, 0.29) is 11.8 Å². The van der Waals surface area contributed by atoms with Gasteiger partial charge in [-0.2, -0.15) is 0 Å². The van der Waals surface area contributed by atoms with Crippen molar-refractivity contribution < 1.29 is 9.53 Å². The van der Waals surface area contributed by atoms with E-state index in [9.17, 15) is 4.79 Å². The Morgan fingerprint density at radius 2 is 2.35 bits per heavy atom. The molecule has 1 heterocycles. The highest BCUT2D eigenvalue weighted by molar-refractivity contribution is 9.10. The molecule has 0 spiro atoms. The zero-order chi connectivity index (χ0) is 12.4. The molecule has 4 nitrogen and oxygen atoms in total. The highest BCUT2D eigenvalue weighted by Crippen LogP contribution is 2.28. The number of aryl methyl sites for hydroxylation is 1. The minimum atomic E-state index is -0.0515. The van der Waals surface area contributed by atoms with Gasteiger partial charge in [0.15, 0.2) is 0 Å². The molecular formula is C12H15BrN2O2. The molecule has 1 aromatic rings. The topological polar surface area (TPSA) is 64.3 Å². The summed E-state index contributed by atoms with van der Waals surface area (Å²) in [6.45, 7) is 3.09. The van der Waals surface area contributed by atoms with Crippen molar-refractivity contribution in [3.05, 3.63) is 22.2 Å². The predicted octanol–water partition coefficient (Wildman–Crippen LogP) is 2.31. The fourth-order valence-corrected chi connectivity index (χ4v) is 2.32. The van der Waals surface area contributed by atoms with Crippen LogP contribution in [-0.2, 0) is 9.53 Å². The molecule has 17 heavy (non-hydrogen) atoms. The average Bonchev–Trinajstić information content (AvgIpc) is 2.79. The van der Waals surface area contributed by atoms with E-state index in [2.05, 4.69) is 21.2 Å². The molecule has 1 aromatic carbocycles. The van der Waals surface area contributed by atoms with Gasteiger partial charge < -0.3 is 15.8 Å². The molecule has 1 fully saturated rings. The first-order valence-corrected chi connectivity index (χ1v) is 6.31. The van der Waals surface area contributed by atoms with Crippen LogP contribution in [0.4, 0.5) is 11.4 Å². The number of ether oxygens (including phenoxy) is 1. The summed E-state index contributed by atoms with van der Waals surface area (Å²) in [5.74, 6) is -0.0594. The normalized spacial score (nSPS) is 19.3. The molecule has 1 unspecified atom stereocenters. The quantitative estimate of drug-likeness (QED) is 0.824. The van der Waals surface area contributed by atoms with Gasteiger partial charge in [0.25, 0.3) is 0 Å². The largest absolute Gasteiger partial charge is 0.398 e. The number of nitrogen functional groups attached to an aromatic ring is 1. The zero-order valence-electron chi connectivity index (χ0n) is 9.63. The van der Waals surface area contributed by atoms with Crippen molar-refractivity contribution in [2.24, 2.45) is 5.92 Å². The maximum atomic E-state index is 11.9. The maximum Gasteiger partial charge on any atom is 0.229 e. The van der Waals surface area contributed by atoms with Crippen LogP contribution in [0, 0.1) is 12.8 Å². The second-order valence-electron chi connectivity index (χ2n) is 4.24. The highest BCUT2D eigenvalue weighted by atomic mass is 79.9. The van der Waals surface area contributed by atoms with E-state index < -0.39 is 0 Å². The van der Waals surface area contributed by atoms with Crippen LogP contribution in [0.1, 0.15) is 12.0 Å². The van der Waals surface area contributed by atoms with E-state index in [0.717, 1.165) is 16.5 Å². The van der Waals surface area contributed by atoms with Crippen molar-refractivity contribution in [1.82, 2.24) is 0 Å². The van der Waals surface area contributed by atoms with Crippen LogP contribution < -0.4 is 11.1 Å². The van der Waals surface area contributed by atoms with Gasteiger partial charge in [-0.25, -0.2) is 0 Å². The summed E-state index contributed by atoms with van der Waals surface area (Å²) in [5.41, 5.74) is 8.19. The van der Waals surface area contributed by atoms with Crippen LogP contribution in [0.5, 0.6) is 0 Å². The van der Waals surface area contributed by atoms with Crippen molar-refractivity contribution >= 4 is 33.2 Å². The molecular weight excluding hydrogens is 284 g/mol. The van der Waals surface area contributed by atoms with E-state index >= 15 is 0 Å². The van der Waals surface area contributed by atoms with Crippen molar-refractivity contribution in [3.8, 4) is 0 Å². The number of nitrogens with two attached hydrogens (primary N) is 1. The van der Waals surface area contributed by atoms with E-state index in [1.807, 2.05) is 13.0 Å². The summed E-state index contributed by atoms with van der Waals surface area (Å²) in [6.07, 6.45) is 0.783. The Morgan fingerprint density at radius 3 is 3.00 bits per heavy atom. The molecule has 0 aliphatic carbocycles. The molecule has 1 aliphatic rings. The van der Waals surface area contributed by atoms with Gasteiger partial charge in [-0.3, -0.25) is 4.79 Å². The average molecular weight is 299 g/mol. The fraction of sp³-hybridized carbons (Fsp3) is 0.417. The lowest BCUT2D eigenvalue weighted by molar-refractivity contribution is -0.119. The van der Waals surface area contributed by atoms with E-state index in [0.29, 0.717) is 24.6 Å². The Balaban J connectivity index is 2.12. The van der Waals surface area contributed by atoms with Crippen molar-refractivity contribution in [2.45, 2.75) is 13.3 Å². The number of amides is 1. The summed E-state index contributed by atoms with van der Waals surface area (Å²) in [4.78, 5) is 11.9. The van der Waals surface area contributed by atoms with Crippen molar-refractivity contribution in [1.29, 1.82) is 0 Å². The Hall–Kier alpha value is -1.07. The first-order valence-electron chi connectivity index (χ1n) is 5.52. The first-order chi connectivity index (χ1) is 8.08. The Bertz CT molecular complexity index is 442. The summed E-state index contributed by atoms with van der Waals surface area (Å²) in [7, 11) is 0. The number of carbonyl (C=O) groups excluding carboxylic acids is 1. The number of benzene rings is 1. The molecule has 0 radical (unpaired) electrons. The number of nitrogens with one attached hydrogen (secondary N) is 1. The number of carbonyl (C=O) groups is 1. The highest BCUT2D eigenvalue weighted by Gasteiger charge is 2.24. The molecule has 0 saturated carbocycles. The Kier molecular flexibility index (Phi) is 3.69. The van der Waals surface area contributed by atoms with Gasteiger partial charge in [-0.1, -0.05) is 0 Å². The number of rotatable bonds is 2. The molecule has 1 saturated heterocycles. The molecule has 3 N–H and O–H groups in total. The summed E-state index contributed by atoms with van der Waals surface area (Å²) < 4.78 is 6.04. The van der Waals surface area contributed by atoms with Crippen LogP contribution in [-0.4, -0.2) is 19.1 Å². The predicted molar refractivity (Wildman–Crippen MR) is 70.8 cm³/mol. The Morgan fingerprint density at radius 1 is 1.59 bits per heavy atom. The number of hydrogen-bond acceptors (Lipinski definition) is 3. The lowest BCUT2D eigenvalue weighted by atomic mass is 10.1. The number of halogens is 1. The minimum absolute atomic E-state index is 0.00791. The first kappa shape index (κ1) is 12.4. The van der Waals surface area contributed by atoms with Crippen molar-refractivity contribution in [2.75, 3.05) is 24.3 Å². The number of anilines is 2. The van der Waals surface area contributed by atoms with Gasteiger partial charge >= 0.3 is 0 Å². The monoisotopic (exact) mass is 298 g/mol. The second-order valence-corrected chi connectivity index (χ2v) is 5.09. The van der Waals surface area contributed by atoms with Crippen molar-refractivity contribution in [3.63, 3.8) is 0 Å².